The molecular formula is C29H35ClF3N3O4. The Labute approximate surface area is 237 Å². The van der Waals surface area contributed by atoms with Gasteiger partial charge in [0.1, 0.15) is 5.75 Å². The van der Waals surface area contributed by atoms with E-state index in [9.17, 15) is 27.9 Å². The zero-order valence-electron chi connectivity index (χ0n) is 22.8. The predicted octanol–water partition coefficient (Wildman–Crippen LogP) is 5.32. The first-order valence-electron chi connectivity index (χ1n) is 13.3. The van der Waals surface area contributed by atoms with E-state index >= 15 is 0 Å². The summed E-state index contributed by atoms with van der Waals surface area (Å²) >= 11 is 6.31. The lowest BCUT2D eigenvalue weighted by molar-refractivity contribution is -0.262. The molecule has 11 heteroatoms. The molecule has 0 bridgehead atoms. The van der Waals surface area contributed by atoms with E-state index in [1.54, 1.807) is 26.2 Å². The van der Waals surface area contributed by atoms with Gasteiger partial charge in [0.15, 0.2) is 0 Å². The summed E-state index contributed by atoms with van der Waals surface area (Å²) in [6.07, 6.45) is -1.16. The van der Waals surface area contributed by atoms with Crippen molar-refractivity contribution in [2.24, 2.45) is 11.8 Å². The van der Waals surface area contributed by atoms with Crippen molar-refractivity contribution in [1.29, 1.82) is 0 Å². The molecule has 0 spiro atoms. The number of carbonyl (C=O) groups excluding carboxylic acids is 2. The summed E-state index contributed by atoms with van der Waals surface area (Å²) < 4.78 is 47.2. The van der Waals surface area contributed by atoms with E-state index in [0.717, 1.165) is 42.0 Å². The molecule has 1 saturated carbocycles. The number of nitrogens with zero attached hydrogens (tertiary/aromatic N) is 2. The minimum Gasteiger partial charge on any atom is -0.497 e. The number of ether oxygens (including phenoxy) is 1. The summed E-state index contributed by atoms with van der Waals surface area (Å²) in [6, 6.07) is 10.5. The monoisotopic (exact) mass is 581 g/mol. The van der Waals surface area contributed by atoms with Crippen LogP contribution in [0.4, 0.5) is 18.9 Å². The normalized spacial score (nSPS) is 21.2. The van der Waals surface area contributed by atoms with E-state index in [4.69, 9.17) is 16.3 Å². The van der Waals surface area contributed by atoms with Gasteiger partial charge >= 0.3 is 6.18 Å². The summed E-state index contributed by atoms with van der Waals surface area (Å²) in [5, 5.41) is 14.6. The highest BCUT2D eigenvalue weighted by Crippen LogP contribution is 2.43. The quantitative estimate of drug-likeness (QED) is 0.441. The molecule has 1 aliphatic heterocycles. The van der Waals surface area contributed by atoms with Gasteiger partial charge in [0.05, 0.1) is 17.7 Å². The maximum atomic E-state index is 14.1. The van der Waals surface area contributed by atoms with Gasteiger partial charge in [-0.15, -0.1) is 0 Å². The second-order valence-corrected chi connectivity index (χ2v) is 11.4. The molecule has 2 aromatic rings. The Bertz CT molecular complexity index is 1230. The van der Waals surface area contributed by atoms with Crippen molar-refractivity contribution in [2.45, 2.75) is 49.9 Å². The van der Waals surface area contributed by atoms with Crippen molar-refractivity contribution in [1.82, 2.24) is 9.80 Å². The summed E-state index contributed by atoms with van der Waals surface area (Å²) in [4.78, 5) is 27.8. The molecule has 4 rings (SSSR count). The number of amides is 2. The Hall–Kier alpha value is -2.98. The van der Waals surface area contributed by atoms with Crippen LogP contribution < -0.4 is 10.1 Å². The summed E-state index contributed by atoms with van der Waals surface area (Å²) in [5.74, 6) is -0.595. The zero-order chi connectivity index (χ0) is 29.2. The second kappa shape index (κ2) is 11.9. The van der Waals surface area contributed by atoms with Crippen LogP contribution in [-0.4, -0.2) is 73.2 Å². The highest BCUT2D eigenvalue weighted by molar-refractivity contribution is 6.34. The number of likely N-dealkylation sites (tertiary alicyclic amines) is 1. The molecule has 2 fully saturated rings. The standard InChI is InChI=1S/C29H35ClF3N3O4/c1-35(2)26(37)24-8-7-21(17-25(24)30)34-22-14-19(15-22)13-18-9-11-36(12-10-18)27(38)28(39,29(31,32)33)20-5-4-6-23(16-20)40-3/h4-8,16-19,22,34,39H,9-15H2,1-3H3/t19?,22?,28-/m1/s1. The number of anilines is 1. The molecule has 1 atom stereocenters. The number of benzene rings is 2. The van der Waals surface area contributed by atoms with Crippen LogP contribution in [0.2, 0.25) is 5.02 Å². The minimum atomic E-state index is -5.19. The van der Waals surface area contributed by atoms with Crippen LogP contribution in [-0.2, 0) is 10.4 Å². The van der Waals surface area contributed by atoms with Gasteiger partial charge in [0.25, 0.3) is 17.4 Å². The average Bonchev–Trinajstić information content (AvgIpc) is 2.90. The fraction of sp³-hybridized carbons (Fsp3) is 0.517. The molecule has 1 saturated heterocycles. The number of halogens is 4. The topological polar surface area (TPSA) is 82.1 Å². The lowest BCUT2D eigenvalue weighted by Gasteiger charge is -2.42. The van der Waals surface area contributed by atoms with Crippen LogP contribution >= 0.6 is 11.6 Å². The van der Waals surface area contributed by atoms with Gasteiger partial charge in [-0.25, -0.2) is 0 Å². The van der Waals surface area contributed by atoms with Crippen molar-refractivity contribution < 1.29 is 32.6 Å². The molecule has 2 aromatic carbocycles. The highest BCUT2D eigenvalue weighted by Gasteiger charge is 2.62. The molecular weight excluding hydrogens is 547 g/mol. The molecule has 2 N–H and O–H groups in total. The first kappa shape index (κ1) is 30.0. The van der Waals surface area contributed by atoms with E-state index in [2.05, 4.69) is 5.32 Å². The summed E-state index contributed by atoms with van der Waals surface area (Å²) in [6.45, 7) is 0.327. The third-order valence-electron chi connectivity index (χ3n) is 7.99. The maximum absolute atomic E-state index is 14.1. The van der Waals surface area contributed by atoms with E-state index in [-0.39, 0.29) is 30.8 Å². The van der Waals surface area contributed by atoms with E-state index < -0.39 is 23.2 Å². The van der Waals surface area contributed by atoms with Crippen molar-refractivity contribution in [3.8, 4) is 5.75 Å². The number of alkyl halides is 3. The largest absolute Gasteiger partial charge is 0.497 e. The van der Waals surface area contributed by atoms with Gasteiger partial charge < -0.3 is 25.0 Å². The number of piperidine rings is 1. The Balaban J connectivity index is 1.28. The molecule has 218 valence electrons. The number of nitrogens with one attached hydrogen (secondary N) is 1. The number of aliphatic hydroxyl groups is 1. The smallest absolute Gasteiger partial charge is 0.430 e. The van der Waals surface area contributed by atoms with Crippen LogP contribution in [0.15, 0.2) is 42.5 Å². The van der Waals surface area contributed by atoms with Crippen molar-refractivity contribution in [3.63, 3.8) is 0 Å². The summed E-state index contributed by atoms with van der Waals surface area (Å²) in [5.41, 5.74) is -2.89. The van der Waals surface area contributed by atoms with E-state index in [1.807, 2.05) is 6.07 Å². The lowest BCUT2D eigenvalue weighted by atomic mass is 9.73. The van der Waals surface area contributed by atoms with Crippen LogP contribution in [0, 0.1) is 11.8 Å². The number of hydrogen-bond acceptors (Lipinski definition) is 5. The number of carbonyl (C=O) groups is 2. The Morgan fingerprint density at radius 3 is 2.35 bits per heavy atom. The van der Waals surface area contributed by atoms with Gasteiger partial charge in [-0.2, -0.15) is 13.2 Å². The Kier molecular flexibility index (Phi) is 8.89. The van der Waals surface area contributed by atoms with E-state index in [0.29, 0.717) is 35.3 Å². The predicted molar refractivity (Wildman–Crippen MR) is 146 cm³/mol. The average molecular weight is 582 g/mol. The zero-order valence-corrected chi connectivity index (χ0v) is 23.6. The van der Waals surface area contributed by atoms with Crippen molar-refractivity contribution in [2.75, 3.05) is 39.6 Å². The van der Waals surface area contributed by atoms with Crippen LogP contribution in [0.25, 0.3) is 0 Å². The Morgan fingerprint density at radius 1 is 1.10 bits per heavy atom. The molecule has 2 aliphatic rings. The molecule has 0 radical (unpaired) electrons. The molecule has 40 heavy (non-hydrogen) atoms. The van der Waals surface area contributed by atoms with Crippen molar-refractivity contribution in [3.05, 3.63) is 58.6 Å². The highest BCUT2D eigenvalue weighted by atomic mass is 35.5. The molecule has 0 unspecified atom stereocenters. The first-order chi connectivity index (χ1) is 18.8. The number of methoxy groups -OCH3 is 1. The third-order valence-corrected chi connectivity index (χ3v) is 8.30. The van der Waals surface area contributed by atoms with Gasteiger partial charge in [0.2, 0.25) is 0 Å². The first-order valence-corrected chi connectivity index (χ1v) is 13.7. The summed E-state index contributed by atoms with van der Waals surface area (Å²) in [7, 11) is 4.65. The van der Waals surface area contributed by atoms with E-state index in [1.165, 1.54) is 24.1 Å². The third kappa shape index (κ3) is 6.17. The second-order valence-electron chi connectivity index (χ2n) is 11.0. The minimum absolute atomic E-state index is 0.125. The molecule has 1 heterocycles. The number of rotatable bonds is 8. The van der Waals surface area contributed by atoms with Crippen molar-refractivity contribution >= 4 is 29.1 Å². The van der Waals surface area contributed by atoms with Crippen LogP contribution in [0.5, 0.6) is 5.75 Å². The molecule has 2 amide bonds. The molecule has 7 nitrogen and oxygen atoms in total. The SMILES string of the molecule is COc1cccc([C@@](O)(C(=O)N2CCC(CC3CC(Nc4ccc(C(=O)N(C)C)c(Cl)c4)C3)CC2)C(F)(F)F)c1. The maximum Gasteiger partial charge on any atom is 0.430 e. The van der Waals surface area contributed by atoms with Crippen LogP contribution in [0.1, 0.15) is 48.0 Å². The number of hydrogen-bond donors (Lipinski definition) is 2. The van der Waals surface area contributed by atoms with Gasteiger partial charge in [-0.3, -0.25) is 9.59 Å². The lowest BCUT2D eigenvalue weighted by Crippen LogP contribution is -2.57. The Morgan fingerprint density at radius 2 is 1.77 bits per heavy atom. The van der Waals surface area contributed by atoms with Crippen LogP contribution in [0.3, 0.4) is 0 Å². The fourth-order valence-electron chi connectivity index (χ4n) is 5.63. The fourth-order valence-corrected chi connectivity index (χ4v) is 5.89. The van der Waals surface area contributed by atoms with Gasteiger partial charge in [-0.05, 0) is 74.3 Å². The molecule has 1 aliphatic carbocycles. The molecule has 0 aromatic heterocycles. The van der Waals surface area contributed by atoms with Gasteiger partial charge in [-0.1, -0.05) is 23.7 Å². The van der Waals surface area contributed by atoms with Gasteiger partial charge in [0, 0.05) is 44.5 Å².